The fourth-order valence-corrected chi connectivity index (χ4v) is 1.74. The average Bonchev–Trinajstić information content (AvgIpc) is 2.24. The van der Waals surface area contributed by atoms with Gasteiger partial charge in [0, 0.05) is 6.07 Å². The Morgan fingerprint density at radius 3 is 2.71 bits per heavy atom. The first-order valence-electron chi connectivity index (χ1n) is 5.41. The Morgan fingerprint density at radius 2 is 2.00 bits per heavy atom. The second-order valence-corrected chi connectivity index (χ2v) is 3.81. The lowest BCUT2D eigenvalue weighted by Gasteiger charge is -2.02. The molecule has 0 aromatic carbocycles. The highest BCUT2D eigenvalue weighted by atomic mass is 16.4. The molecule has 0 fully saturated rings. The average molecular weight is 236 g/mol. The third-order valence-electron chi connectivity index (χ3n) is 2.52. The highest BCUT2D eigenvalue weighted by molar-refractivity contribution is 5.75. The van der Waals surface area contributed by atoms with Crippen LogP contribution in [0.5, 0.6) is 0 Å². The fraction of sp³-hybridized carbons (Fsp3) is 0.364. The van der Waals surface area contributed by atoms with Crippen LogP contribution in [-0.4, -0.2) is 9.97 Å². The van der Waals surface area contributed by atoms with Gasteiger partial charge < -0.3 is 4.42 Å². The summed E-state index contributed by atoms with van der Waals surface area (Å²) in [6.07, 6.45) is 2.41. The van der Waals surface area contributed by atoms with Crippen LogP contribution in [-0.2, 0) is 6.42 Å². The largest absolute Gasteiger partial charge is 0.405 e. The number of nitrogens with one attached hydrogen (secondary N) is 2. The molecule has 2 rings (SSSR count). The van der Waals surface area contributed by atoms with Crippen LogP contribution in [0.2, 0.25) is 0 Å². The summed E-state index contributed by atoms with van der Waals surface area (Å²) in [6.45, 7) is 2.01. The molecule has 2 N–H and O–H groups in total. The van der Waals surface area contributed by atoms with Crippen molar-refractivity contribution in [2.45, 2.75) is 26.2 Å². The van der Waals surface area contributed by atoms with E-state index in [2.05, 4.69) is 9.97 Å². The Kier molecular flexibility index (Phi) is 2.95. The van der Waals surface area contributed by atoms with Crippen LogP contribution in [0.15, 0.2) is 24.9 Å². The van der Waals surface area contributed by atoms with Gasteiger partial charge in [-0.15, -0.1) is 0 Å². The summed E-state index contributed by atoms with van der Waals surface area (Å²) in [6, 6.07) is 1.30. The second-order valence-electron chi connectivity index (χ2n) is 3.81. The highest BCUT2D eigenvalue weighted by Crippen LogP contribution is 2.11. The molecule has 0 amide bonds. The van der Waals surface area contributed by atoms with Gasteiger partial charge in [0.05, 0.1) is 0 Å². The number of fused-ring (bicyclic) bond motifs is 1. The lowest BCUT2D eigenvalue weighted by atomic mass is 10.1. The molecule has 0 saturated heterocycles. The Bertz CT molecular complexity index is 702. The molecular formula is C11H12N2O4. The van der Waals surface area contributed by atoms with Crippen molar-refractivity contribution in [2.75, 3.05) is 0 Å². The van der Waals surface area contributed by atoms with Crippen molar-refractivity contribution < 1.29 is 4.42 Å². The predicted octanol–water partition coefficient (Wildman–Crippen LogP) is 0.512. The lowest BCUT2D eigenvalue weighted by Crippen LogP contribution is -2.24. The number of aromatic nitrogens is 2. The first-order valence-corrected chi connectivity index (χ1v) is 5.41. The van der Waals surface area contributed by atoms with Crippen molar-refractivity contribution in [1.29, 1.82) is 0 Å². The Morgan fingerprint density at radius 1 is 1.24 bits per heavy atom. The molecule has 0 atom stereocenters. The zero-order chi connectivity index (χ0) is 12.4. The maximum absolute atomic E-state index is 11.7. The molecule has 6 nitrogen and oxygen atoms in total. The van der Waals surface area contributed by atoms with Crippen LogP contribution >= 0.6 is 0 Å². The zero-order valence-electron chi connectivity index (χ0n) is 9.33. The molecule has 0 radical (unpaired) electrons. The van der Waals surface area contributed by atoms with Crippen molar-refractivity contribution in [3.8, 4) is 0 Å². The van der Waals surface area contributed by atoms with Gasteiger partial charge in [-0.25, -0.2) is 9.59 Å². The van der Waals surface area contributed by atoms with Crippen LogP contribution in [0.1, 0.15) is 25.3 Å². The predicted molar refractivity (Wildman–Crippen MR) is 62.3 cm³/mol. The first kappa shape index (κ1) is 11.4. The molecule has 0 aliphatic heterocycles. The monoisotopic (exact) mass is 236 g/mol. The van der Waals surface area contributed by atoms with E-state index in [9.17, 15) is 14.4 Å². The molecule has 90 valence electrons. The van der Waals surface area contributed by atoms with Crippen molar-refractivity contribution in [3.05, 3.63) is 42.9 Å². The van der Waals surface area contributed by atoms with Crippen LogP contribution in [0.4, 0.5) is 0 Å². The summed E-state index contributed by atoms with van der Waals surface area (Å²) >= 11 is 0. The molecule has 0 spiro atoms. The van der Waals surface area contributed by atoms with Crippen molar-refractivity contribution in [3.63, 3.8) is 0 Å². The topological polar surface area (TPSA) is 95.9 Å². The van der Waals surface area contributed by atoms with E-state index in [1.54, 1.807) is 0 Å². The SMILES string of the molecule is CCCCc1cc(=O)oc2[nH]c(=O)[nH]c(=O)c12. The second kappa shape index (κ2) is 4.40. The van der Waals surface area contributed by atoms with E-state index >= 15 is 0 Å². The lowest BCUT2D eigenvalue weighted by molar-refractivity contribution is 0.543. The van der Waals surface area contributed by atoms with Crippen LogP contribution in [0, 0.1) is 0 Å². The van der Waals surface area contributed by atoms with Crippen molar-refractivity contribution >= 4 is 11.1 Å². The van der Waals surface area contributed by atoms with Crippen LogP contribution in [0.3, 0.4) is 0 Å². The van der Waals surface area contributed by atoms with E-state index < -0.39 is 16.9 Å². The zero-order valence-corrected chi connectivity index (χ0v) is 9.33. The van der Waals surface area contributed by atoms with Gasteiger partial charge in [0.2, 0.25) is 5.71 Å². The minimum absolute atomic E-state index is 0.0580. The molecule has 6 heteroatoms. The van der Waals surface area contributed by atoms with Gasteiger partial charge in [0.1, 0.15) is 5.39 Å². The van der Waals surface area contributed by atoms with Gasteiger partial charge in [0.25, 0.3) is 5.56 Å². The molecule has 2 aromatic rings. The molecule has 17 heavy (non-hydrogen) atoms. The van der Waals surface area contributed by atoms with E-state index in [-0.39, 0.29) is 11.1 Å². The van der Waals surface area contributed by atoms with Crippen LogP contribution in [0.25, 0.3) is 11.1 Å². The van der Waals surface area contributed by atoms with Crippen molar-refractivity contribution in [2.24, 2.45) is 0 Å². The maximum Gasteiger partial charge on any atom is 0.337 e. The number of aryl methyl sites for hydroxylation is 1. The summed E-state index contributed by atoms with van der Waals surface area (Å²) in [5.41, 5.74) is -1.23. The van der Waals surface area contributed by atoms with E-state index in [1.165, 1.54) is 6.07 Å². The van der Waals surface area contributed by atoms with E-state index in [1.807, 2.05) is 6.92 Å². The normalized spacial score (nSPS) is 10.9. The quantitative estimate of drug-likeness (QED) is 0.811. The summed E-state index contributed by atoms with van der Waals surface area (Å²) in [5, 5.41) is 0.248. The van der Waals surface area contributed by atoms with Gasteiger partial charge in [0.15, 0.2) is 0 Å². The number of hydrogen-bond acceptors (Lipinski definition) is 4. The van der Waals surface area contributed by atoms with E-state index in [4.69, 9.17) is 4.42 Å². The molecule has 2 heterocycles. The summed E-state index contributed by atoms with van der Waals surface area (Å²) < 4.78 is 4.81. The minimum Gasteiger partial charge on any atom is -0.405 e. The molecular weight excluding hydrogens is 224 g/mol. The van der Waals surface area contributed by atoms with E-state index in [0.717, 1.165) is 12.8 Å². The number of aromatic amines is 2. The van der Waals surface area contributed by atoms with Gasteiger partial charge in [-0.05, 0) is 18.4 Å². The number of unbranched alkanes of at least 4 members (excludes halogenated alkanes) is 1. The maximum atomic E-state index is 11.7. The molecule has 0 aliphatic rings. The highest BCUT2D eigenvalue weighted by Gasteiger charge is 2.10. The third kappa shape index (κ3) is 2.20. The molecule has 2 aromatic heterocycles. The Hall–Kier alpha value is -2.11. The number of hydrogen-bond donors (Lipinski definition) is 2. The van der Waals surface area contributed by atoms with Gasteiger partial charge >= 0.3 is 11.3 Å². The summed E-state index contributed by atoms with van der Waals surface area (Å²) in [5.74, 6) is 0. The molecule has 0 bridgehead atoms. The summed E-state index contributed by atoms with van der Waals surface area (Å²) in [4.78, 5) is 38.4. The molecule has 0 aliphatic carbocycles. The smallest absolute Gasteiger partial charge is 0.337 e. The number of H-pyrrole nitrogens is 2. The minimum atomic E-state index is -0.682. The molecule has 0 unspecified atom stereocenters. The Balaban J connectivity index is 2.78. The first-order chi connectivity index (χ1) is 8.11. The van der Waals surface area contributed by atoms with Gasteiger partial charge in [-0.2, -0.15) is 0 Å². The van der Waals surface area contributed by atoms with E-state index in [0.29, 0.717) is 12.0 Å². The number of rotatable bonds is 3. The standard InChI is InChI=1S/C11H12N2O4/c1-2-3-4-6-5-7(14)17-10-8(6)9(15)12-11(16)13-10/h5H,2-4H2,1H3,(H2,12,13,15,16). The Labute approximate surface area is 95.3 Å². The van der Waals surface area contributed by atoms with Crippen molar-refractivity contribution in [1.82, 2.24) is 9.97 Å². The van der Waals surface area contributed by atoms with Gasteiger partial charge in [-0.1, -0.05) is 13.3 Å². The third-order valence-corrected chi connectivity index (χ3v) is 2.52. The molecule has 0 saturated carbocycles. The summed E-state index contributed by atoms with van der Waals surface area (Å²) in [7, 11) is 0. The van der Waals surface area contributed by atoms with Crippen LogP contribution < -0.4 is 16.9 Å². The fourth-order valence-electron chi connectivity index (χ4n) is 1.74. The van der Waals surface area contributed by atoms with Gasteiger partial charge in [-0.3, -0.25) is 14.8 Å².